The van der Waals surface area contributed by atoms with Crippen LogP contribution in [-0.4, -0.2) is 20.2 Å². The Kier molecular flexibility index (Phi) is 4.83. The van der Waals surface area contributed by atoms with E-state index in [1.165, 1.54) is 10.5 Å². The maximum Gasteiger partial charge on any atom is 0.146 e. The average Bonchev–Trinajstić information content (AvgIpc) is 2.48. The largest absolute Gasteiger partial charge is 0.497 e. The van der Waals surface area contributed by atoms with Crippen LogP contribution in [0.3, 0.4) is 0 Å². The van der Waals surface area contributed by atoms with Crippen LogP contribution in [0.15, 0.2) is 48.7 Å². The van der Waals surface area contributed by atoms with Crippen LogP contribution in [0.5, 0.6) is 5.75 Å². The summed E-state index contributed by atoms with van der Waals surface area (Å²) in [7, 11) is -0.211. The van der Waals surface area contributed by atoms with Gasteiger partial charge >= 0.3 is 0 Å². The third kappa shape index (κ3) is 2.75. The van der Waals surface area contributed by atoms with Crippen LogP contribution < -0.4 is 15.2 Å². The molecule has 0 radical (unpaired) electrons. The number of ether oxygens (including phenoxy) is 1. The highest BCUT2D eigenvalue weighted by molar-refractivity contribution is 7.03. The minimum atomic E-state index is -1.94. The minimum Gasteiger partial charge on any atom is -0.497 e. The summed E-state index contributed by atoms with van der Waals surface area (Å²) in [6.45, 7) is 9.33. The van der Waals surface area contributed by atoms with Gasteiger partial charge in [-0.1, -0.05) is 45.9 Å². The molecule has 1 heterocycles. The second kappa shape index (κ2) is 6.44. The van der Waals surface area contributed by atoms with Gasteiger partial charge in [0.05, 0.1) is 7.11 Å². The van der Waals surface area contributed by atoms with E-state index in [9.17, 15) is 0 Å². The first-order valence-corrected chi connectivity index (χ1v) is 9.75. The third-order valence-electron chi connectivity index (χ3n) is 4.46. The van der Waals surface area contributed by atoms with Gasteiger partial charge in [-0.3, -0.25) is 4.98 Å². The smallest absolute Gasteiger partial charge is 0.146 e. The van der Waals surface area contributed by atoms with Gasteiger partial charge in [0.2, 0.25) is 0 Å². The summed E-state index contributed by atoms with van der Waals surface area (Å²) >= 11 is 0. The average molecular weight is 299 g/mol. The molecule has 0 aliphatic rings. The molecular weight excluding hydrogens is 274 g/mol. The van der Waals surface area contributed by atoms with Crippen molar-refractivity contribution in [2.45, 2.75) is 38.8 Å². The Hall–Kier alpha value is -1.61. The van der Waals surface area contributed by atoms with Gasteiger partial charge in [0.15, 0.2) is 0 Å². The minimum absolute atomic E-state index is 0.569. The fraction of sp³-hybridized carbons (Fsp3) is 0.389. The molecule has 0 saturated heterocycles. The van der Waals surface area contributed by atoms with E-state index in [0.717, 1.165) is 5.75 Å². The van der Waals surface area contributed by atoms with Crippen LogP contribution in [-0.2, 0) is 0 Å². The van der Waals surface area contributed by atoms with Gasteiger partial charge in [-0.2, -0.15) is 0 Å². The summed E-state index contributed by atoms with van der Waals surface area (Å²) in [6, 6.07) is 14.9. The van der Waals surface area contributed by atoms with Crippen molar-refractivity contribution in [2.24, 2.45) is 0 Å². The lowest BCUT2D eigenvalue weighted by Gasteiger charge is -2.39. The fourth-order valence-electron chi connectivity index (χ4n) is 3.56. The Bertz CT molecular complexity index is 573. The monoisotopic (exact) mass is 299 g/mol. The van der Waals surface area contributed by atoms with Gasteiger partial charge in [-0.05, 0) is 40.5 Å². The molecule has 3 heteroatoms. The Morgan fingerprint density at radius 3 is 2.19 bits per heavy atom. The number of aromatic nitrogens is 1. The number of hydrogen-bond acceptors (Lipinski definition) is 2. The van der Waals surface area contributed by atoms with E-state index in [1.54, 1.807) is 7.11 Å². The van der Waals surface area contributed by atoms with Gasteiger partial charge in [0, 0.05) is 11.5 Å². The third-order valence-corrected chi connectivity index (χ3v) is 10.5. The van der Waals surface area contributed by atoms with Crippen molar-refractivity contribution in [3.05, 3.63) is 48.7 Å². The second-order valence-electron chi connectivity index (χ2n) is 6.13. The number of nitrogens with zero attached hydrogens (tertiary/aromatic N) is 1. The van der Waals surface area contributed by atoms with Crippen molar-refractivity contribution >= 4 is 18.6 Å². The van der Waals surface area contributed by atoms with Crippen LogP contribution in [0.4, 0.5) is 0 Å². The summed E-state index contributed by atoms with van der Waals surface area (Å²) in [5.41, 5.74) is 1.14. The molecule has 112 valence electrons. The zero-order valence-corrected chi connectivity index (χ0v) is 14.6. The zero-order valence-electron chi connectivity index (χ0n) is 13.6. The maximum atomic E-state index is 5.45. The molecule has 0 spiro atoms. The van der Waals surface area contributed by atoms with E-state index in [0.29, 0.717) is 11.1 Å². The fourth-order valence-corrected chi connectivity index (χ4v) is 9.12. The van der Waals surface area contributed by atoms with E-state index in [4.69, 9.17) is 9.72 Å². The second-order valence-corrected chi connectivity index (χ2v) is 11.3. The SMILES string of the molecule is COc1cccc([Si](c2ccccn2)(C(C)C)C(C)C)c1. The number of methoxy groups -OCH3 is 1. The summed E-state index contributed by atoms with van der Waals surface area (Å²) in [5.74, 6) is 0.932. The van der Waals surface area contributed by atoms with Gasteiger partial charge in [-0.25, -0.2) is 0 Å². The molecule has 21 heavy (non-hydrogen) atoms. The van der Waals surface area contributed by atoms with Gasteiger partial charge in [0.1, 0.15) is 13.8 Å². The van der Waals surface area contributed by atoms with Crippen LogP contribution in [0.2, 0.25) is 11.1 Å². The molecule has 0 N–H and O–H groups in total. The number of rotatable bonds is 5. The first-order valence-electron chi connectivity index (χ1n) is 7.59. The zero-order chi connectivity index (χ0) is 15.5. The van der Waals surface area contributed by atoms with Crippen molar-refractivity contribution in [3.63, 3.8) is 0 Å². The lowest BCUT2D eigenvalue weighted by molar-refractivity contribution is 0.415. The highest BCUT2D eigenvalue weighted by atomic mass is 28.3. The summed E-state index contributed by atoms with van der Waals surface area (Å²) in [4.78, 5) is 4.75. The quantitative estimate of drug-likeness (QED) is 0.789. The van der Waals surface area contributed by atoms with Crippen molar-refractivity contribution < 1.29 is 4.74 Å². The van der Waals surface area contributed by atoms with Crippen LogP contribution in [0.1, 0.15) is 27.7 Å². The summed E-state index contributed by atoms with van der Waals surface area (Å²) in [6.07, 6.45) is 1.92. The molecule has 0 atom stereocenters. The van der Waals surface area contributed by atoms with E-state index >= 15 is 0 Å². The molecule has 2 aromatic rings. The van der Waals surface area contributed by atoms with Crippen molar-refractivity contribution in [1.29, 1.82) is 0 Å². The van der Waals surface area contributed by atoms with Gasteiger partial charge in [0.25, 0.3) is 0 Å². The van der Waals surface area contributed by atoms with Crippen molar-refractivity contribution in [2.75, 3.05) is 7.11 Å². The van der Waals surface area contributed by atoms with Crippen molar-refractivity contribution in [1.82, 2.24) is 4.98 Å². The molecule has 0 saturated carbocycles. The van der Waals surface area contributed by atoms with Crippen molar-refractivity contribution in [3.8, 4) is 5.75 Å². The molecule has 0 amide bonds. The van der Waals surface area contributed by atoms with Crippen LogP contribution in [0.25, 0.3) is 0 Å². The Morgan fingerprint density at radius 1 is 0.952 bits per heavy atom. The first-order chi connectivity index (χ1) is 10.0. The number of benzene rings is 1. The molecular formula is C18H25NOSi. The summed E-state index contributed by atoms with van der Waals surface area (Å²) < 4.78 is 5.45. The van der Waals surface area contributed by atoms with E-state index < -0.39 is 8.07 Å². The molecule has 2 rings (SSSR count). The van der Waals surface area contributed by atoms with E-state index in [-0.39, 0.29) is 0 Å². The van der Waals surface area contributed by atoms with E-state index in [1.807, 2.05) is 18.3 Å². The molecule has 0 fully saturated rings. The molecule has 0 aliphatic carbocycles. The van der Waals surface area contributed by atoms with Gasteiger partial charge in [-0.15, -0.1) is 0 Å². The maximum absolute atomic E-state index is 5.45. The molecule has 1 aromatic carbocycles. The Balaban J connectivity index is 2.71. The highest BCUT2D eigenvalue weighted by Gasteiger charge is 2.44. The number of hydrogen-bond donors (Lipinski definition) is 0. The summed E-state index contributed by atoms with van der Waals surface area (Å²) in [5, 5.41) is 2.67. The van der Waals surface area contributed by atoms with Crippen LogP contribution in [0, 0.1) is 0 Å². The normalized spacial score (nSPS) is 12.0. The van der Waals surface area contributed by atoms with Crippen LogP contribution >= 0.6 is 0 Å². The lowest BCUT2D eigenvalue weighted by atomic mass is 10.3. The lowest BCUT2D eigenvalue weighted by Crippen LogP contribution is -2.63. The topological polar surface area (TPSA) is 22.1 Å². The van der Waals surface area contributed by atoms with Gasteiger partial charge < -0.3 is 4.74 Å². The number of pyridine rings is 1. The highest BCUT2D eigenvalue weighted by Crippen LogP contribution is 2.32. The molecule has 1 aromatic heterocycles. The molecule has 0 unspecified atom stereocenters. The predicted molar refractivity (Wildman–Crippen MR) is 92.4 cm³/mol. The molecule has 0 bridgehead atoms. The Morgan fingerprint density at radius 2 is 1.67 bits per heavy atom. The predicted octanol–water partition coefficient (Wildman–Crippen LogP) is 3.47. The molecule has 2 nitrogen and oxygen atoms in total. The molecule has 0 aliphatic heterocycles. The van der Waals surface area contributed by atoms with E-state index in [2.05, 4.69) is 58.0 Å². The Labute approximate surface area is 129 Å². The first kappa shape index (κ1) is 15.8. The standard InChI is InChI=1S/C18H25NOSi/c1-14(2)21(15(3)4,18-11-6-7-12-19-18)17-10-8-9-16(13-17)20-5/h6-15H,1-5H3.